The zero-order valence-corrected chi connectivity index (χ0v) is 10.6. The predicted molar refractivity (Wildman–Crippen MR) is 70.2 cm³/mol. The topological polar surface area (TPSA) is 34.9 Å². The molecule has 0 radical (unpaired) electrons. The zero-order chi connectivity index (χ0) is 12.4. The molecule has 2 aromatic rings. The molecule has 0 aliphatic heterocycles. The molecule has 0 amide bonds. The van der Waals surface area contributed by atoms with Crippen molar-refractivity contribution < 1.29 is 0 Å². The molecule has 2 rings (SSSR count). The van der Waals surface area contributed by atoms with Crippen LogP contribution >= 0.6 is 0 Å². The van der Waals surface area contributed by atoms with Crippen molar-refractivity contribution in [1.82, 2.24) is 9.55 Å². The summed E-state index contributed by atoms with van der Waals surface area (Å²) in [5.74, 6) is 0.573. The average Bonchev–Trinajstić information content (AvgIpc) is 2.28. The van der Waals surface area contributed by atoms with Gasteiger partial charge in [-0.15, -0.1) is 0 Å². The molecule has 0 saturated carbocycles. The molecule has 0 aliphatic carbocycles. The van der Waals surface area contributed by atoms with Crippen LogP contribution in [0.3, 0.4) is 0 Å². The third-order valence-electron chi connectivity index (χ3n) is 2.98. The molecule has 0 fully saturated rings. The van der Waals surface area contributed by atoms with Crippen LogP contribution in [0.1, 0.15) is 33.2 Å². The van der Waals surface area contributed by atoms with Crippen LogP contribution in [0.15, 0.2) is 35.4 Å². The standard InChI is InChI=1S/C14H18N2O/c1-10(2)8-11(3)16-9-15-13-7-5-4-6-12(13)14(16)17/h4-7,9-11H,8H2,1-3H3/t11-/m1/s1. The molecule has 0 spiro atoms. The maximum Gasteiger partial charge on any atom is 0.261 e. The minimum atomic E-state index is 0.0590. The van der Waals surface area contributed by atoms with Gasteiger partial charge in [0.15, 0.2) is 0 Å². The zero-order valence-electron chi connectivity index (χ0n) is 10.6. The van der Waals surface area contributed by atoms with Gasteiger partial charge >= 0.3 is 0 Å². The first-order chi connectivity index (χ1) is 8.09. The Morgan fingerprint density at radius 3 is 2.65 bits per heavy atom. The minimum Gasteiger partial charge on any atom is -0.296 e. The number of nitrogens with zero attached hydrogens (tertiary/aromatic N) is 2. The highest BCUT2D eigenvalue weighted by atomic mass is 16.1. The number of benzene rings is 1. The van der Waals surface area contributed by atoms with E-state index in [4.69, 9.17) is 0 Å². The molecule has 1 atom stereocenters. The Morgan fingerprint density at radius 1 is 1.24 bits per heavy atom. The first kappa shape index (κ1) is 11.8. The van der Waals surface area contributed by atoms with E-state index in [2.05, 4.69) is 25.8 Å². The highest BCUT2D eigenvalue weighted by molar-refractivity contribution is 5.76. The van der Waals surface area contributed by atoms with Crippen molar-refractivity contribution in [3.05, 3.63) is 40.9 Å². The monoisotopic (exact) mass is 230 g/mol. The third kappa shape index (κ3) is 2.38. The molecular weight excluding hydrogens is 212 g/mol. The van der Waals surface area contributed by atoms with E-state index in [9.17, 15) is 4.79 Å². The molecule has 1 aromatic heterocycles. The fourth-order valence-electron chi connectivity index (χ4n) is 2.19. The van der Waals surface area contributed by atoms with Crippen LogP contribution in [0.25, 0.3) is 10.9 Å². The summed E-state index contributed by atoms with van der Waals surface area (Å²) in [7, 11) is 0. The predicted octanol–water partition coefficient (Wildman–Crippen LogP) is 3.00. The number of rotatable bonds is 3. The number of fused-ring (bicyclic) bond motifs is 1. The van der Waals surface area contributed by atoms with Crippen LogP contribution < -0.4 is 5.56 Å². The van der Waals surface area contributed by atoms with E-state index in [1.807, 2.05) is 24.3 Å². The fourth-order valence-corrected chi connectivity index (χ4v) is 2.19. The Morgan fingerprint density at radius 2 is 1.94 bits per heavy atom. The normalized spacial score (nSPS) is 13.2. The second-order valence-corrected chi connectivity index (χ2v) is 4.95. The summed E-state index contributed by atoms with van der Waals surface area (Å²) in [6.07, 6.45) is 2.65. The highest BCUT2D eigenvalue weighted by Gasteiger charge is 2.10. The van der Waals surface area contributed by atoms with Crippen LogP contribution in [0.2, 0.25) is 0 Å². The van der Waals surface area contributed by atoms with E-state index in [1.54, 1.807) is 10.9 Å². The molecular formula is C14H18N2O. The number of aromatic nitrogens is 2. The Bertz CT molecular complexity index is 572. The smallest absolute Gasteiger partial charge is 0.261 e. The summed E-state index contributed by atoms with van der Waals surface area (Å²) >= 11 is 0. The molecule has 1 heterocycles. The van der Waals surface area contributed by atoms with Crippen molar-refractivity contribution in [3.63, 3.8) is 0 Å². The van der Waals surface area contributed by atoms with Crippen molar-refractivity contribution in [1.29, 1.82) is 0 Å². The highest BCUT2D eigenvalue weighted by Crippen LogP contribution is 2.15. The van der Waals surface area contributed by atoms with Crippen molar-refractivity contribution >= 4 is 10.9 Å². The molecule has 3 heteroatoms. The van der Waals surface area contributed by atoms with Crippen molar-refractivity contribution in [2.75, 3.05) is 0 Å². The van der Waals surface area contributed by atoms with E-state index >= 15 is 0 Å². The third-order valence-corrected chi connectivity index (χ3v) is 2.98. The van der Waals surface area contributed by atoms with Crippen molar-refractivity contribution in [2.45, 2.75) is 33.2 Å². The summed E-state index contributed by atoms with van der Waals surface area (Å²) in [6.45, 7) is 6.39. The lowest BCUT2D eigenvalue weighted by Crippen LogP contribution is -2.24. The van der Waals surface area contributed by atoms with Gasteiger partial charge in [-0.25, -0.2) is 4.98 Å². The van der Waals surface area contributed by atoms with Gasteiger partial charge in [0.2, 0.25) is 0 Å². The molecule has 0 bridgehead atoms. The second kappa shape index (κ2) is 4.70. The summed E-state index contributed by atoms with van der Waals surface area (Å²) in [5, 5.41) is 0.700. The number of para-hydroxylation sites is 1. The molecule has 0 saturated heterocycles. The van der Waals surface area contributed by atoms with Gasteiger partial charge in [-0.05, 0) is 31.4 Å². The van der Waals surface area contributed by atoms with Gasteiger partial charge in [0.1, 0.15) is 0 Å². The molecule has 3 nitrogen and oxygen atoms in total. The quantitative estimate of drug-likeness (QED) is 0.812. The summed E-state index contributed by atoms with van der Waals surface area (Å²) in [6, 6.07) is 7.68. The van der Waals surface area contributed by atoms with E-state index in [1.165, 1.54) is 0 Å². The summed E-state index contributed by atoms with van der Waals surface area (Å²) in [4.78, 5) is 16.6. The van der Waals surface area contributed by atoms with Gasteiger partial charge in [0, 0.05) is 6.04 Å². The molecule has 0 unspecified atom stereocenters. The maximum atomic E-state index is 12.3. The van der Waals surface area contributed by atoms with E-state index in [0.29, 0.717) is 11.3 Å². The molecule has 0 aliphatic rings. The van der Waals surface area contributed by atoms with Gasteiger partial charge in [0.05, 0.1) is 17.2 Å². The van der Waals surface area contributed by atoms with Gasteiger partial charge in [0.25, 0.3) is 5.56 Å². The van der Waals surface area contributed by atoms with Crippen molar-refractivity contribution in [3.8, 4) is 0 Å². The number of hydrogen-bond donors (Lipinski definition) is 0. The van der Waals surface area contributed by atoms with Crippen LogP contribution in [-0.4, -0.2) is 9.55 Å². The van der Waals surface area contributed by atoms with Crippen LogP contribution in [0.4, 0.5) is 0 Å². The van der Waals surface area contributed by atoms with Gasteiger partial charge in [-0.3, -0.25) is 9.36 Å². The summed E-state index contributed by atoms with van der Waals surface area (Å²) in [5.41, 5.74) is 0.828. The summed E-state index contributed by atoms with van der Waals surface area (Å²) < 4.78 is 1.74. The van der Waals surface area contributed by atoms with Crippen LogP contribution in [0.5, 0.6) is 0 Å². The minimum absolute atomic E-state index is 0.0590. The molecule has 1 aromatic carbocycles. The first-order valence-electron chi connectivity index (χ1n) is 6.05. The Hall–Kier alpha value is -1.64. The molecule has 17 heavy (non-hydrogen) atoms. The van der Waals surface area contributed by atoms with Gasteiger partial charge in [-0.2, -0.15) is 0 Å². The lowest BCUT2D eigenvalue weighted by atomic mass is 10.1. The fraction of sp³-hybridized carbons (Fsp3) is 0.429. The van der Waals surface area contributed by atoms with E-state index in [-0.39, 0.29) is 11.6 Å². The van der Waals surface area contributed by atoms with Gasteiger partial charge < -0.3 is 0 Å². The largest absolute Gasteiger partial charge is 0.296 e. The second-order valence-electron chi connectivity index (χ2n) is 4.95. The van der Waals surface area contributed by atoms with Gasteiger partial charge in [-0.1, -0.05) is 26.0 Å². The Balaban J connectivity index is 2.49. The Kier molecular flexibility index (Phi) is 3.27. The number of hydrogen-bond acceptors (Lipinski definition) is 2. The molecule has 0 N–H and O–H groups in total. The maximum absolute atomic E-state index is 12.3. The Labute approximate surface area is 101 Å². The molecule has 90 valence electrons. The first-order valence-corrected chi connectivity index (χ1v) is 6.05. The SMILES string of the molecule is CC(C)C[C@@H](C)n1cnc2ccccc2c1=O. The van der Waals surface area contributed by atoms with E-state index < -0.39 is 0 Å². The van der Waals surface area contributed by atoms with E-state index in [0.717, 1.165) is 11.9 Å². The lowest BCUT2D eigenvalue weighted by molar-refractivity contribution is 0.417. The van der Waals surface area contributed by atoms with Crippen LogP contribution in [0, 0.1) is 5.92 Å². The lowest BCUT2D eigenvalue weighted by Gasteiger charge is -2.17. The van der Waals surface area contributed by atoms with Crippen LogP contribution in [-0.2, 0) is 0 Å². The van der Waals surface area contributed by atoms with Crippen molar-refractivity contribution in [2.24, 2.45) is 5.92 Å². The average molecular weight is 230 g/mol.